The second kappa shape index (κ2) is 71.6. The van der Waals surface area contributed by atoms with Crippen molar-refractivity contribution in [1.29, 1.82) is 0 Å². The van der Waals surface area contributed by atoms with Crippen molar-refractivity contribution in [2.45, 2.75) is 444 Å². The molecule has 0 fully saturated rings. The van der Waals surface area contributed by atoms with E-state index < -0.39 is 6.10 Å². The number of unbranched alkanes of at least 4 members (excludes halogenated alkanes) is 58. The van der Waals surface area contributed by atoms with Gasteiger partial charge >= 0.3 is 17.9 Å². The van der Waals surface area contributed by atoms with Gasteiger partial charge in [0.15, 0.2) is 6.10 Å². The summed E-state index contributed by atoms with van der Waals surface area (Å²) in [6.45, 7) is 6.71. The predicted molar refractivity (Wildman–Crippen MR) is 358 cm³/mol. The van der Waals surface area contributed by atoms with E-state index in [1.807, 2.05) is 0 Å². The van der Waals surface area contributed by atoms with Crippen LogP contribution in [-0.4, -0.2) is 37.2 Å². The van der Waals surface area contributed by atoms with Crippen LogP contribution in [0.15, 0.2) is 12.2 Å². The average Bonchev–Trinajstić information content (AvgIpc) is 3.47. The van der Waals surface area contributed by atoms with Crippen molar-refractivity contribution in [2.75, 3.05) is 13.2 Å². The maximum atomic E-state index is 12.9. The summed E-state index contributed by atoms with van der Waals surface area (Å²) in [5, 5.41) is 0. The Bertz CT molecular complexity index is 1280. The highest BCUT2D eigenvalue weighted by atomic mass is 16.6. The third-order valence-electron chi connectivity index (χ3n) is 17.5. The molecule has 0 rings (SSSR count). The third-order valence-corrected chi connectivity index (χ3v) is 17.5. The number of hydrogen-bond acceptors (Lipinski definition) is 6. The Labute approximate surface area is 513 Å². The number of esters is 3. The summed E-state index contributed by atoms with van der Waals surface area (Å²) in [6.07, 6.45) is 87.0. The highest BCUT2D eigenvalue weighted by molar-refractivity contribution is 5.71. The Hall–Kier alpha value is -1.85. The van der Waals surface area contributed by atoms with E-state index in [1.54, 1.807) is 0 Å². The van der Waals surface area contributed by atoms with E-state index in [4.69, 9.17) is 14.2 Å². The molecule has 0 aromatic heterocycles. The van der Waals surface area contributed by atoms with Crippen LogP contribution in [0.3, 0.4) is 0 Å². The molecule has 0 spiro atoms. The van der Waals surface area contributed by atoms with Crippen LogP contribution >= 0.6 is 0 Å². The molecule has 82 heavy (non-hydrogen) atoms. The number of hydrogen-bond donors (Lipinski definition) is 0. The van der Waals surface area contributed by atoms with Crippen LogP contribution in [-0.2, 0) is 28.6 Å². The van der Waals surface area contributed by atoms with Crippen LogP contribution in [0.1, 0.15) is 438 Å². The SMILES string of the molecule is CCCCCC/C=C\CCCCCCCC(=O)OCC(COC(=O)CCCCCCCCCCCCCCCCCCCCCCCCCCCCCCCCCCC)OC(=O)CCCCCCCCCCCCCCCCCCCC. The van der Waals surface area contributed by atoms with Gasteiger partial charge in [-0.05, 0) is 44.9 Å². The van der Waals surface area contributed by atoms with E-state index in [0.29, 0.717) is 19.3 Å². The lowest BCUT2D eigenvalue weighted by Gasteiger charge is -2.18. The molecule has 0 N–H and O–H groups in total. The van der Waals surface area contributed by atoms with E-state index in [-0.39, 0.29) is 31.1 Å². The molecule has 6 heteroatoms. The van der Waals surface area contributed by atoms with Crippen LogP contribution in [0.2, 0.25) is 0 Å². The second-order valence-electron chi connectivity index (χ2n) is 25.9. The first-order chi connectivity index (χ1) is 40.5. The quantitative estimate of drug-likeness (QED) is 0.0261. The molecular weight excluding hydrogens is 1010 g/mol. The van der Waals surface area contributed by atoms with Gasteiger partial charge in [-0.3, -0.25) is 14.4 Å². The van der Waals surface area contributed by atoms with Gasteiger partial charge in [-0.1, -0.05) is 386 Å². The minimum absolute atomic E-state index is 0.0657. The molecule has 1 unspecified atom stereocenters. The van der Waals surface area contributed by atoms with Crippen molar-refractivity contribution in [2.24, 2.45) is 0 Å². The Morgan fingerprint density at radius 3 is 0.622 bits per heavy atom. The van der Waals surface area contributed by atoms with E-state index in [0.717, 1.165) is 64.2 Å². The molecule has 0 heterocycles. The molecule has 0 radical (unpaired) electrons. The van der Waals surface area contributed by atoms with E-state index in [9.17, 15) is 14.4 Å². The molecule has 486 valence electrons. The Kier molecular flexibility index (Phi) is 70.0. The van der Waals surface area contributed by atoms with Gasteiger partial charge in [0.1, 0.15) is 13.2 Å². The molecule has 0 aromatic rings. The minimum atomic E-state index is -0.770. The lowest BCUT2D eigenvalue weighted by molar-refractivity contribution is -0.167. The van der Waals surface area contributed by atoms with E-state index >= 15 is 0 Å². The normalized spacial score (nSPS) is 12.0. The van der Waals surface area contributed by atoms with Crippen molar-refractivity contribution in [3.63, 3.8) is 0 Å². The van der Waals surface area contributed by atoms with Crippen LogP contribution in [0, 0.1) is 0 Å². The lowest BCUT2D eigenvalue weighted by Crippen LogP contribution is -2.30. The molecule has 0 saturated heterocycles. The second-order valence-corrected chi connectivity index (χ2v) is 25.9. The Balaban J connectivity index is 4.07. The third kappa shape index (κ3) is 68.9. The maximum absolute atomic E-state index is 12.9. The number of allylic oxidation sites excluding steroid dienone is 2. The number of carbonyl (C=O) groups excluding carboxylic acids is 3. The van der Waals surface area contributed by atoms with Gasteiger partial charge in [0, 0.05) is 19.3 Å². The summed E-state index contributed by atoms with van der Waals surface area (Å²) < 4.78 is 17.0. The first-order valence-electron chi connectivity index (χ1n) is 37.7. The fourth-order valence-corrected chi connectivity index (χ4v) is 11.9. The molecule has 0 aliphatic heterocycles. The Morgan fingerprint density at radius 2 is 0.402 bits per heavy atom. The molecule has 0 aliphatic carbocycles. The van der Waals surface area contributed by atoms with Crippen molar-refractivity contribution in [3.05, 3.63) is 12.2 Å². The van der Waals surface area contributed by atoms with Gasteiger partial charge in [-0.15, -0.1) is 0 Å². The highest BCUT2D eigenvalue weighted by Crippen LogP contribution is 2.20. The molecule has 0 amide bonds. The zero-order chi connectivity index (χ0) is 59.2. The lowest BCUT2D eigenvalue weighted by atomic mass is 10.0. The fraction of sp³-hybridized carbons (Fsp3) is 0.934. The maximum Gasteiger partial charge on any atom is 0.306 e. The Morgan fingerprint density at radius 1 is 0.232 bits per heavy atom. The van der Waals surface area contributed by atoms with Crippen molar-refractivity contribution < 1.29 is 28.6 Å². The molecule has 6 nitrogen and oxygen atoms in total. The van der Waals surface area contributed by atoms with Crippen LogP contribution < -0.4 is 0 Å². The summed E-state index contributed by atoms with van der Waals surface area (Å²) in [6, 6.07) is 0. The summed E-state index contributed by atoms with van der Waals surface area (Å²) in [4.78, 5) is 38.4. The predicted octanol–water partition coefficient (Wildman–Crippen LogP) is 26.0. The van der Waals surface area contributed by atoms with E-state index in [1.165, 1.54) is 334 Å². The summed E-state index contributed by atoms with van der Waals surface area (Å²) in [7, 11) is 0. The van der Waals surface area contributed by atoms with Gasteiger partial charge in [-0.2, -0.15) is 0 Å². The first kappa shape index (κ1) is 80.2. The first-order valence-corrected chi connectivity index (χ1v) is 37.7. The smallest absolute Gasteiger partial charge is 0.306 e. The van der Waals surface area contributed by atoms with Crippen molar-refractivity contribution in [1.82, 2.24) is 0 Å². The molecule has 0 bridgehead atoms. The van der Waals surface area contributed by atoms with Crippen LogP contribution in [0.5, 0.6) is 0 Å². The van der Waals surface area contributed by atoms with Gasteiger partial charge in [0.2, 0.25) is 0 Å². The molecule has 1 atom stereocenters. The van der Waals surface area contributed by atoms with Crippen molar-refractivity contribution in [3.8, 4) is 0 Å². The highest BCUT2D eigenvalue weighted by Gasteiger charge is 2.20. The molecular formula is C76H146O6. The van der Waals surface area contributed by atoms with Crippen molar-refractivity contribution >= 4 is 17.9 Å². The van der Waals surface area contributed by atoms with Gasteiger partial charge < -0.3 is 14.2 Å². The number of carbonyl (C=O) groups is 3. The fourth-order valence-electron chi connectivity index (χ4n) is 11.9. The van der Waals surface area contributed by atoms with Gasteiger partial charge in [0.25, 0.3) is 0 Å². The zero-order valence-electron chi connectivity index (χ0n) is 56.1. The van der Waals surface area contributed by atoms with Gasteiger partial charge in [-0.25, -0.2) is 0 Å². The van der Waals surface area contributed by atoms with Gasteiger partial charge in [0.05, 0.1) is 0 Å². The number of rotatable bonds is 71. The summed E-state index contributed by atoms with van der Waals surface area (Å²) in [5.74, 6) is -0.839. The minimum Gasteiger partial charge on any atom is -0.462 e. The molecule has 0 aliphatic rings. The summed E-state index contributed by atoms with van der Waals surface area (Å²) in [5.41, 5.74) is 0. The zero-order valence-corrected chi connectivity index (χ0v) is 56.1. The molecule has 0 saturated carbocycles. The average molecular weight is 1160 g/mol. The standard InChI is InChI=1S/C76H146O6/c1-4-7-10-13-16-19-22-25-27-29-31-32-33-34-35-36-37-38-39-40-41-42-43-44-45-47-48-51-54-57-60-63-66-69-75(78)81-72-73(71-80-74(77)68-65-62-59-56-53-50-24-21-18-15-12-9-6-3)82-76(79)70-67-64-61-58-55-52-49-46-30-28-26-23-20-17-14-11-8-5-2/h21,24,73H,4-20,22-23,25-72H2,1-3H3/b24-21-. The monoisotopic (exact) mass is 1160 g/mol. The number of ether oxygens (including phenoxy) is 3. The summed E-state index contributed by atoms with van der Waals surface area (Å²) >= 11 is 0. The largest absolute Gasteiger partial charge is 0.462 e. The van der Waals surface area contributed by atoms with Crippen LogP contribution in [0.25, 0.3) is 0 Å². The topological polar surface area (TPSA) is 78.9 Å². The van der Waals surface area contributed by atoms with Crippen LogP contribution in [0.4, 0.5) is 0 Å². The molecule has 0 aromatic carbocycles. The van der Waals surface area contributed by atoms with E-state index in [2.05, 4.69) is 32.9 Å².